The molecule has 3 aromatic rings. The van der Waals surface area contributed by atoms with E-state index in [2.05, 4.69) is 10.3 Å². The highest BCUT2D eigenvalue weighted by Crippen LogP contribution is 2.29. The molecule has 2 aromatic carbocycles. The van der Waals surface area contributed by atoms with E-state index in [-0.39, 0.29) is 16.1 Å². The van der Waals surface area contributed by atoms with Gasteiger partial charge in [-0.1, -0.05) is 42.1 Å². The quantitative estimate of drug-likeness (QED) is 0.490. The van der Waals surface area contributed by atoms with Gasteiger partial charge in [0.2, 0.25) is 15.9 Å². The Morgan fingerprint density at radius 3 is 2.61 bits per heavy atom. The summed E-state index contributed by atoms with van der Waals surface area (Å²) < 4.78 is 34.8. The maximum atomic E-state index is 13.0. The van der Waals surface area contributed by atoms with Crippen LogP contribution < -0.4 is 5.32 Å². The third-order valence-electron chi connectivity index (χ3n) is 5.57. The van der Waals surface area contributed by atoms with Gasteiger partial charge in [-0.25, -0.2) is 13.4 Å². The van der Waals surface area contributed by atoms with Crippen LogP contribution in [0.3, 0.4) is 0 Å². The van der Waals surface area contributed by atoms with Crippen molar-refractivity contribution in [2.45, 2.75) is 42.2 Å². The number of ether oxygens (including phenoxy) is 1. The zero-order valence-corrected chi connectivity index (χ0v) is 20.4. The van der Waals surface area contributed by atoms with E-state index < -0.39 is 10.0 Å². The Kier molecular flexibility index (Phi) is 7.38. The lowest BCUT2D eigenvalue weighted by molar-refractivity contribution is -0.120. The first-order valence-corrected chi connectivity index (χ1v) is 13.3. The maximum absolute atomic E-state index is 13.0. The highest BCUT2D eigenvalue weighted by atomic mass is 32.2. The monoisotopic (exact) mass is 488 g/mol. The second-order valence-corrected chi connectivity index (χ2v) is 11.0. The van der Waals surface area contributed by atoms with E-state index in [4.69, 9.17) is 4.74 Å². The summed E-state index contributed by atoms with van der Waals surface area (Å²) in [6.45, 7) is 6.47. The van der Waals surface area contributed by atoms with Crippen molar-refractivity contribution >= 4 is 38.7 Å². The van der Waals surface area contributed by atoms with Crippen molar-refractivity contribution in [3.05, 3.63) is 54.1 Å². The molecule has 0 saturated carbocycles. The van der Waals surface area contributed by atoms with E-state index in [0.29, 0.717) is 50.1 Å². The summed E-state index contributed by atoms with van der Waals surface area (Å²) in [6.07, 6.45) is 0. The molecule has 10 heteroatoms. The van der Waals surface area contributed by atoms with Gasteiger partial charge in [0.1, 0.15) is 0 Å². The van der Waals surface area contributed by atoms with Crippen molar-refractivity contribution in [3.63, 3.8) is 0 Å². The van der Waals surface area contributed by atoms with Gasteiger partial charge in [0, 0.05) is 26.2 Å². The number of imidazole rings is 1. The van der Waals surface area contributed by atoms with E-state index >= 15 is 0 Å². The van der Waals surface area contributed by atoms with Crippen LogP contribution in [0.25, 0.3) is 11.0 Å². The van der Waals surface area contributed by atoms with Gasteiger partial charge in [-0.2, -0.15) is 4.31 Å². The van der Waals surface area contributed by atoms with E-state index in [1.54, 1.807) is 18.2 Å². The molecule has 0 bridgehead atoms. The number of nitrogens with zero attached hydrogens (tertiary/aromatic N) is 3. The van der Waals surface area contributed by atoms with Crippen molar-refractivity contribution in [3.8, 4) is 0 Å². The summed E-state index contributed by atoms with van der Waals surface area (Å²) in [5.74, 6) is -0.0749. The van der Waals surface area contributed by atoms with Crippen LogP contribution in [0.15, 0.2) is 58.6 Å². The van der Waals surface area contributed by atoms with Gasteiger partial charge in [0.05, 0.1) is 34.4 Å². The molecule has 1 amide bonds. The van der Waals surface area contributed by atoms with Crippen LogP contribution in [0.4, 0.5) is 0 Å². The Balaban J connectivity index is 1.52. The zero-order valence-electron chi connectivity index (χ0n) is 18.7. The Morgan fingerprint density at radius 2 is 1.91 bits per heavy atom. The molecule has 1 N–H and O–H groups in total. The zero-order chi connectivity index (χ0) is 23.4. The van der Waals surface area contributed by atoms with E-state index in [1.165, 1.54) is 16.1 Å². The summed E-state index contributed by atoms with van der Waals surface area (Å²) in [7, 11) is -3.60. The molecule has 0 aliphatic carbocycles. The first kappa shape index (κ1) is 23.7. The largest absolute Gasteiger partial charge is 0.379 e. The first-order valence-electron chi connectivity index (χ1n) is 11.0. The minimum atomic E-state index is -3.60. The van der Waals surface area contributed by atoms with Crippen molar-refractivity contribution in [2.24, 2.45) is 0 Å². The van der Waals surface area contributed by atoms with Crippen molar-refractivity contribution in [1.29, 1.82) is 0 Å². The molecule has 8 nitrogen and oxygen atoms in total. The molecular formula is C23H28N4O4S2. The SMILES string of the molecule is CCn1c(S[C@@H](C)C(=O)NCc2ccccc2)nc2cc(S(=O)(=O)N3CCOCC3)ccc21. The average molecular weight is 489 g/mol. The number of carbonyl (C=O) groups excluding carboxylic acids is 1. The van der Waals surface area contributed by atoms with Crippen LogP contribution in [0.1, 0.15) is 19.4 Å². The lowest BCUT2D eigenvalue weighted by Gasteiger charge is -2.26. The molecule has 176 valence electrons. The number of carbonyl (C=O) groups is 1. The van der Waals surface area contributed by atoms with Gasteiger partial charge in [-0.05, 0) is 37.6 Å². The van der Waals surface area contributed by atoms with Crippen LogP contribution >= 0.6 is 11.8 Å². The summed E-state index contributed by atoms with van der Waals surface area (Å²) in [5, 5.41) is 3.30. The van der Waals surface area contributed by atoms with Gasteiger partial charge in [-0.15, -0.1) is 0 Å². The highest BCUT2D eigenvalue weighted by molar-refractivity contribution is 8.00. The summed E-state index contributed by atoms with van der Waals surface area (Å²) >= 11 is 1.37. The molecule has 0 spiro atoms. The summed E-state index contributed by atoms with van der Waals surface area (Å²) in [5.41, 5.74) is 2.49. The molecule has 4 rings (SSSR count). The Bertz CT molecular complexity index is 1220. The fourth-order valence-electron chi connectivity index (χ4n) is 3.72. The number of amides is 1. The minimum Gasteiger partial charge on any atom is -0.379 e. The second-order valence-electron chi connectivity index (χ2n) is 7.77. The average Bonchev–Trinajstić information content (AvgIpc) is 3.19. The van der Waals surface area contributed by atoms with Gasteiger partial charge in [-0.3, -0.25) is 4.79 Å². The maximum Gasteiger partial charge on any atom is 0.243 e. The van der Waals surface area contributed by atoms with Crippen LogP contribution in [-0.2, 0) is 32.6 Å². The van der Waals surface area contributed by atoms with Gasteiger partial charge >= 0.3 is 0 Å². The Morgan fingerprint density at radius 1 is 1.18 bits per heavy atom. The third-order valence-corrected chi connectivity index (χ3v) is 8.55. The van der Waals surface area contributed by atoms with E-state index in [9.17, 15) is 13.2 Å². The third kappa shape index (κ3) is 5.24. The van der Waals surface area contributed by atoms with Crippen LogP contribution in [0.5, 0.6) is 0 Å². The summed E-state index contributed by atoms with van der Waals surface area (Å²) in [6, 6.07) is 14.8. The molecule has 1 aliphatic rings. The molecule has 1 aliphatic heterocycles. The molecule has 1 fully saturated rings. The van der Waals surface area contributed by atoms with Crippen LogP contribution in [0, 0.1) is 0 Å². The number of aryl methyl sites for hydroxylation is 1. The van der Waals surface area contributed by atoms with E-state index in [1.807, 2.05) is 48.7 Å². The number of hydrogen-bond acceptors (Lipinski definition) is 6. The van der Waals surface area contributed by atoms with Crippen LogP contribution in [-0.4, -0.2) is 59.7 Å². The fraction of sp³-hybridized carbons (Fsp3) is 0.391. The molecule has 33 heavy (non-hydrogen) atoms. The van der Waals surface area contributed by atoms with Crippen LogP contribution in [0.2, 0.25) is 0 Å². The van der Waals surface area contributed by atoms with Crippen molar-refractivity contribution < 1.29 is 17.9 Å². The summed E-state index contributed by atoms with van der Waals surface area (Å²) in [4.78, 5) is 17.5. The molecule has 1 saturated heterocycles. The van der Waals surface area contributed by atoms with E-state index in [0.717, 1.165) is 11.1 Å². The number of fused-ring (bicyclic) bond motifs is 1. The van der Waals surface area contributed by atoms with Gasteiger partial charge in [0.25, 0.3) is 0 Å². The lowest BCUT2D eigenvalue weighted by atomic mass is 10.2. The smallest absolute Gasteiger partial charge is 0.243 e. The molecule has 1 aromatic heterocycles. The highest BCUT2D eigenvalue weighted by Gasteiger charge is 2.27. The number of thioether (sulfide) groups is 1. The first-order chi connectivity index (χ1) is 15.9. The number of nitrogens with one attached hydrogen (secondary N) is 1. The molecule has 1 atom stereocenters. The second kappa shape index (κ2) is 10.3. The fourth-order valence-corrected chi connectivity index (χ4v) is 6.16. The number of morpholine rings is 1. The van der Waals surface area contributed by atoms with Crippen molar-refractivity contribution in [2.75, 3.05) is 26.3 Å². The number of benzene rings is 2. The van der Waals surface area contributed by atoms with Gasteiger partial charge in [0.15, 0.2) is 5.16 Å². The number of aromatic nitrogens is 2. The topological polar surface area (TPSA) is 93.5 Å². The Hall–Kier alpha value is -2.40. The Labute approximate surface area is 198 Å². The van der Waals surface area contributed by atoms with Gasteiger partial charge < -0.3 is 14.6 Å². The molecular weight excluding hydrogens is 460 g/mol. The molecule has 0 unspecified atom stereocenters. The standard InChI is InChI=1S/C23H28N4O4S2/c1-3-27-21-10-9-19(33(29,30)26-11-13-31-14-12-26)15-20(21)25-23(27)32-17(2)22(28)24-16-18-7-5-4-6-8-18/h4-10,15,17H,3,11-14,16H2,1-2H3,(H,24,28)/t17-/m0/s1. The predicted molar refractivity (Wildman–Crippen MR) is 129 cm³/mol. The normalized spacial score (nSPS) is 16.1. The number of hydrogen-bond donors (Lipinski definition) is 1. The number of rotatable bonds is 8. The lowest BCUT2D eigenvalue weighted by Crippen LogP contribution is -2.40. The predicted octanol–water partition coefficient (Wildman–Crippen LogP) is 2.87. The minimum absolute atomic E-state index is 0.0749. The molecule has 2 heterocycles. The molecule has 0 radical (unpaired) electrons. The number of sulfonamides is 1. The van der Waals surface area contributed by atoms with Crippen molar-refractivity contribution in [1.82, 2.24) is 19.2 Å².